The van der Waals surface area contributed by atoms with Gasteiger partial charge in [0.25, 0.3) is 0 Å². The van der Waals surface area contributed by atoms with E-state index >= 15 is 0 Å². The number of carbonyl (C=O) groups is 1. The third-order valence-corrected chi connectivity index (χ3v) is 2.48. The maximum Gasteiger partial charge on any atom is 0.241 e. The quantitative estimate of drug-likeness (QED) is 0.805. The van der Waals surface area contributed by atoms with Crippen LogP contribution >= 0.6 is 15.9 Å². The van der Waals surface area contributed by atoms with Gasteiger partial charge in [0.1, 0.15) is 4.60 Å². The zero-order chi connectivity index (χ0) is 10.6. The largest absolute Gasteiger partial charge is 0.322 e. The molecule has 1 unspecified atom stereocenters. The topological polar surface area (TPSA) is 54.0 Å². The molecule has 5 heteroatoms. The number of anilines is 1. The van der Waals surface area contributed by atoms with Crippen molar-refractivity contribution in [2.45, 2.75) is 13.0 Å². The number of rotatable bonds is 3. The van der Waals surface area contributed by atoms with Crippen molar-refractivity contribution < 1.29 is 4.79 Å². The second-order valence-corrected chi connectivity index (χ2v) is 3.59. The number of hydrogen-bond acceptors (Lipinski definition) is 3. The summed E-state index contributed by atoms with van der Waals surface area (Å²) >= 11 is 3.25. The normalized spacial score (nSPS) is 12.2. The Morgan fingerprint density at radius 2 is 2.36 bits per heavy atom. The fourth-order valence-corrected chi connectivity index (χ4v) is 1.20. The van der Waals surface area contributed by atoms with Gasteiger partial charge in [0.15, 0.2) is 0 Å². The lowest BCUT2D eigenvalue weighted by molar-refractivity contribution is -0.117. The smallest absolute Gasteiger partial charge is 0.241 e. The van der Waals surface area contributed by atoms with Crippen molar-refractivity contribution in [1.82, 2.24) is 10.3 Å². The molecule has 4 nitrogen and oxygen atoms in total. The van der Waals surface area contributed by atoms with Crippen LogP contribution < -0.4 is 10.6 Å². The Morgan fingerprint density at radius 1 is 1.64 bits per heavy atom. The van der Waals surface area contributed by atoms with Crippen LogP contribution in [-0.2, 0) is 4.79 Å². The van der Waals surface area contributed by atoms with Crippen LogP contribution in [-0.4, -0.2) is 24.0 Å². The first-order valence-corrected chi connectivity index (χ1v) is 5.03. The first-order valence-electron chi connectivity index (χ1n) is 4.23. The number of nitrogens with one attached hydrogen (secondary N) is 2. The number of hydrogen-bond donors (Lipinski definition) is 2. The Labute approximate surface area is 91.2 Å². The zero-order valence-electron chi connectivity index (χ0n) is 8.04. The van der Waals surface area contributed by atoms with E-state index in [0.717, 1.165) is 0 Å². The molecule has 1 aromatic heterocycles. The van der Waals surface area contributed by atoms with Crippen LogP contribution in [0.25, 0.3) is 0 Å². The fraction of sp³-hybridized carbons (Fsp3) is 0.333. The fourth-order valence-electron chi connectivity index (χ4n) is 0.851. The molecule has 1 amide bonds. The van der Waals surface area contributed by atoms with Gasteiger partial charge in [-0.25, -0.2) is 4.98 Å². The van der Waals surface area contributed by atoms with Gasteiger partial charge >= 0.3 is 0 Å². The summed E-state index contributed by atoms with van der Waals surface area (Å²) in [7, 11) is 1.74. The molecule has 0 bridgehead atoms. The summed E-state index contributed by atoms with van der Waals surface area (Å²) in [6, 6.07) is 3.34. The standard InChI is InChI=1S/C9H12BrN3O/c1-6(11-2)9(14)13-7-4-3-5-12-8(7)10/h3-6,11H,1-2H3,(H,13,14). The lowest BCUT2D eigenvalue weighted by Crippen LogP contribution is -2.35. The third kappa shape index (κ3) is 2.78. The van der Waals surface area contributed by atoms with E-state index in [1.165, 1.54) is 0 Å². The Kier molecular flexibility index (Phi) is 4.03. The minimum Gasteiger partial charge on any atom is -0.322 e. The van der Waals surface area contributed by atoms with Crippen LogP contribution in [0.3, 0.4) is 0 Å². The molecule has 0 fully saturated rings. The van der Waals surface area contributed by atoms with Gasteiger partial charge in [-0.2, -0.15) is 0 Å². The van der Waals surface area contributed by atoms with Gasteiger partial charge in [0.05, 0.1) is 11.7 Å². The Bertz CT molecular complexity index is 330. The number of pyridine rings is 1. The molecular weight excluding hydrogens is 246 g/mol. The molecule has 0 aromatic carbocycles. The zero-order valence-corrected chi connectivity index (χ0v) is 9.63. The Balaban J connectivity index is 2.70. The summed E-state index contributed by atoms with van der Waals surface area (Å²) < 4.78 is 0.636. The Morgan fingerprint density at radius 3 is 2.93 bits per heavy atom. The van der Waals surface area contributed by atoms with E-state index in [4.69, 9.17) is 0 Å². The molecule has 1 atom stereocenters. The van der Waals surface area contributed by atoms with Gasteiger partial charge in [-0.05, 0) is 42.0 Å². The SMILES string of the molecule is CNC(C)C(=O)Nc1cccnc1Br. The number of aromatic nitrogens is 1. The Hall–Kier alpha value is -0.940. The molecule has 1 rings (SSSR count). The van der Waals surface area contributed by atoms with Crippen molar-refractivity contribution in [3.63, 3.8) is 0 Å². The lowest BCUT2D eigenvalue weighted by Gasteiger charge is -2.11. The van der Waals surface area contributed by atoms with Gasteiger partial charge in [-0.3, -0.25) is 4.79 Å². The van der Waals surface area contributed by atoms with Gasteiger partial charge in [0.2, 0.25) is 5.91 Å². The van der Waals surface area contributed by atoms with Gasteiger partial charge < -0.3 is 10.6 Å². The van der Waals surface area contributed by atoms with Crippen molar-refractivity contribution >= 4 is 27.5 Å². The molecule has 0 aliphatic carbocycles. The van der Waals surface area contributed by atoms with Crippen molar-refractivity contribution in [3.8, 4) is 0 Å². The van der Waals surface area contributed by atoms with Crippen LogP contribution in [0.5, 0.6) is 0 Å². The molecular formula is C9H12BrN3O. The summed E-state index contributed by atoms with van der Waals surface area (Å²) in [6.07, 6.45) is 1.65. The van der Waals surface area contributed by atoms with E-state index in [1.807, 2.05) is 0 Å². The summed E-state index contributed by atoms with van der Waals surface area (Å²) in [5.41, 5.74) is 0.680. The summed E-state index contributed by atoms with van der Waals surface area (Å²) in [6.45, 7) is 1.79. The predicted octanol–water partition coefficient (Wildman–Crippen LogP) is 1.39. The molecule has 0 saturated heterocycles. The molecule has 0 aliphatic heterocycles. The van der Waals surface area contributed by atoms with E-state index in [0.29, 0.717) is 10.3 Å². The number of nitrogens with zero attached hydrogens (tertiary/aromatic N) is 1. The molecule has 2 N–H and O–H groups in total. The highest BCUT2D eigenvalue weighted by molar-refractivity contribution is 9.10. The molecule has 0 saturated carbocycles. The first kappa shape index (κ1) is 11.1. The molecule has 76 valence electrons. The van der Waals surface area contributed by atoms with E-state index in [2.05, 4.69) is 31.5 Å². The summed E-state index contributed by atoms with van der Waals surface area (Å²) in [5.74, 6) is -0.0822. The van der Waals surface area contributed by atoms with E-state index < -0.39 is 0 Å². The van der Waals surface area contributed by atoms with Gasteiger partial charge in [-0.1, -0.05) is 0 Å². The monoisotopic (exact) mass is 257 g/mol. The average molecular weight is 258 g/mol. The van der Waals surface area contributed by atoms with E-state index in [-0.39, 0.29) is 11.9 Å². The molecule has 0 spiro atoms. The van der Waals surface area contributed by atoms with Crippen molar-refractivity contribution in [2.24, 2.45) is 0 Å². The minimum absolute atomic E-state index is 0.0822. The van der Waals surface area contributed by atoms with E-state index in [1.54, 1.807) is 32.3 Å². The minimum atomic E-state index is -0.220. The molecule has 14 heavy (non-hydrogen) atoms. The number of likely N-dealkylation sites (N-methyl/N-ethyl adjacent to an activating group) is 1. The van der Waals surface area contributed by atoms with Crippen molar-refractivity contribution in [2.75, 3.05) is 12.4 Å². The number of carbonyl (C=O) groups excluding carboxylic acids is 1. The summed E-state index contributed by atoms with van der Waals surface area (Å²) in [5, 5.41) is 5.61. The second kappa shape index (κ2) is 5.07. The molecule has 0 radical (unpaired) electrons. The molecule has 0 aliphatic rings. The molecule has 1 aromatic rings. The highest BCUT2D eigenvalue weighted by Crippen LogP contribution is 2.18. The van der Waals surface area contributed by atoms with Gasteiger partial charge in [0, 0.05) is 6.20 Å². The van der Waals surface area contributed by atoms with Crippen molar-refractivity contribution in [1.29, 1.82) is 0 Å². The highest BCUT2D eigenvalue weighted by atomic mass is 79.9. The highest BCUT2D eigenvalue weighted by Gasteiger charge is 2.11. The van der Waals surface area contributed by atoms with Gasteiger partial charge in [-0.15, -0.1) is 0 Å². The average Bonchev–Trinajstić information content (AvgIpc) is 2.20. The maximum atomic E-state index is 11.5. The first-order chi connectivity index (χ1) is 6.65. The molecule has 1 heterocycles. The van der Waals surface area contributed by atoms with E-state index in [9.17, 15) is 4.79 Å². The van der Waals surface area contributed by atoms with Crippen LogP contribution in [0.2, 0.25) is 0 Å². The number of halogens is 1. The van der Waals surface area contributed by atoms with Crippen LogP contribution in [0, 0.1) is 0 Å². The number of amides is 1. The maximum absolute atomic E-state index is 11.5. The lowest BCUT2D eigenvalue weighted by atomic mass is 10.3. The second-order valence-electron chi connectivity index (χ2n) is 2.84. The predicted molar refractivity (Wildman–Crippen MR) is 59.1 cm³/mol. The third-order valence-electron chi connectivity index (χ3n) is 1.84. The van der Waals surface area contributed by atoms with Crippen LogP contribution in [0.15, 0.2) is 22.9 Å². The van der Waals surface area contributed by atoms with Crippen molar-refractivity contribution in [3.05, 3.63) is 22.9 Å². The van der Waals surface area contributed by atoms with Crippen LogP contribution in [0.4, 0.5) is 5.69 Å². The summed E-state index contributed by atoms with van der Waals surface area (Å²) in [4.78, 5) is 15.5. The van der Waals surface area contributed by atoms with Crippen LogP contribution in [0.1, 0.15) is 6.92 Å².